The normalized spacial score (nSPS) is 15.2. The van der Waals surface area contributed by atoms with Gasteiger partial charge in [0.2, 0.25) is 5.91 Å². The Hall–Kier alpha value is -1.24. The molecule has 0 aliphatic carbocycles. The lowest BCUT2D eigenvalue weighted by Crippen LogP contribution is -2.13. The number of hydrogen-bond donors (Lipinski definition) is 1. The molecule has 2 aromatic rings. The maximum absolute atomic E-state index is 12.1. The first-order chi connectivity index (χ1) is 11.7. The van der Waals surface area contributed by atoms with Gasteiger partial charge in [0.15, 0.2) is 5.78 Å². The second kappa shape index (κ2) is 8.74. The number of thioether (sulfide) groups is 2. The number of carbonyl (C=O) groups is 2. The summed E-state index contributed by atoms with van der Waals surface area (Å²) in [5.74, 6) is 2.31. The Morgan fingerprint density at radius 2 is 1.92 bits per heavy atom. The summed E-state index contributed by atoms with van der Waals surface area (Å²) < 4.78 is 0.455. The van der Waals surface area contributed by atoms with E-state index in [9.17, 15) is 9.59 Å². The number of thiophene rings is 1. The molecule has 24 heavy (non-hydrogen) atoms. The minimum atomic E-state index is -0.110. The molecule has 0 atom stereocenters. The van der Waals surface area contributed by atoms with Gasteiger partial charge >= 0.3 is 0 Å². The van der Waals surface area contributed by atoms with Crippen molar-refractivity contribution in [3.63, 3.8) is 0 Å². The average molecular weight is 378 g/mol. The van der Waals surface area contributed by atoms with Crippen LogP contribution < -0.4 is 5.32 Å². The molecule has 3 rings (SSSR count). The van der Waals surface area contributed by atoms with Crippen molar-refractivity contribution in [3.05, 3.63) is 52.2 Å². The first kappa shape index (κ1) is 17.6. The molecule has 0 unspecified atom stereocenters. The lowest BCUT2D eigenvalue weighted by Gasteiger charge is -2.21. The van der Waals surface area contributed by atoms with E-state index in [1.54, 1.807) is 6.07 Å². The van der Waals surface area contributed by atoms with E-state index in [0.29, 0.717) is 4.58 Å². The van der Waals surface area contributed by atoms with Crippen molar-refractivity contribution in [1.29, 1.82) is 0 Å². The first-order valence-electron chi connectivity index (χ1n) is 7.92. The van der Waals surface area contributed by atoms with Crippen LogP contribution in [-0.2, 0) is 4.79 Å². The quantitative estimate of drug-likeness (QED) is 0.701. The largest absolute Gasteiger partial charge is 0.326 e. The Labute approximate surface area is 154 Å². The molecule has 1 aliphatic rings. The third-order valence-corrected chi connectivity index (χ3v) is 7.57. The molecule has 6 heteroatoms. The molecule has 1 aromatic heterocycles. The maximum Gasteiger partial charge on any atom is 0.224 e. The van der Waals surface area contributed by atoms with E-state index in [0.717, 1.165) is 10.6 Å². The van der Waals surface area contributed by atoms with Gasteiger partial charge in [-0.05, 0) is 47.1 Å². The topological polar surface area (TPSA) is 46.2 Å². The van der Waals surface area contributed by atoms with Gasteiger partial charge in [0, 0.05) is 18.5 Å². The van der Waals surface area contributed by atoms with E-state index in [4.69, 9.17) is 0 Å². The predicted molar refractivity (Wildman–Crippen MR) is 105 cm³/mol. The predicted octanol–water partition coefficient (Wildman–Crippen LogP) is 5.22. The van der Waals surface area contributed by atoms with Gasteiger partial charge in [0.1, 0.15) is 0 Å². The number of Topliss-reactive ketones (excluding diaryl/α,β-unsaturated/α-hetero) is 1. The minimum absolute atomic E-state index is 0.0314. The summed E-state index contributed by atoms with van der Waals surface area (Å²) in [6, 6.07) is 11.7. The number of carbonyl (C=O) groups excluding carboxylic acids is 2. The van der Waals surface area contributed by atoms with Gasteiger partial charge in [-0.2, -0.15) is 0 Å². The summed E-state index contributed by atoms with van der Waals surface area (Å²) in [4.78, 5) is 24.8. The summed E-state index contributed by atoms with van der Waals surface area (Å²) in [6.07, 6.45) is 1.73. The summed E-state index contributed by atoms with van der Waals surface area (Å²) in [6.45, 7) is 0. The van der Waals surface area contributed by atoms with Crippen molar-refractivity contribution in [2.24, 2.45) is 0 Å². The summed E-state index contributed by atoms with van der Waals surface area (Å²) >= 11 is 5.35. The smallest absolute Gasteiger partial charge is 0.224 e. The second-order valence-electron chi connectivity index (χ2n) is 5.50. The number of ketones is 1. The molecule has 1 amide bonds. The van der Waals surface area contributed by atoms with Crippen molar-refractivity contribution < 1.29 is 9.59 Å². The molecule has 1 fully saturated rings. The molecule has 3 nitrogen and oxygen atoms in total. The number of amides is 1. The highest BCUT2D eigenvalue weighted by Gasteiger charge is 2.17. The summed E-state index contributed by atoms with van der Waals surface area (Å²) in [7, 11) is 0. The highest BCUT2D eigenvalue weighted by atomic mass is 32.2. The molecule has 0 saturated carbocycles. The van der Waals surface area contributed by atoms with Crippen molar-refractivity contribution in [2.75, 3.05) is 16.8 Å². The number of anilines is 1. The molecule has 2 heterocycles. The molecule has 0 bridgehead atoms. The van der Waals surface area contributed by atoms with Crippen molar-refractivity contribution in [2.45, 2.75) is 23.8 Å². The van der Waals surface area contributed by atoms with Gasteiger partial charge in [-0.25, -0.2) is 0 Å². The Bertz CT molecular complexity index is 694. The van der Waals surface area contributed by atoms with E-state index in [-0.39, 0.29) is 24.5 Å². The Morgan fingerprint density at radius 3 is 2.67 bits per heavy atom. The molecule has 1 aromatic carbocycles. The zero-order valence-corrected chi connectivity index (χ0v) is 15.6. The fourth-order valence-corrected chi connectivity index (χ4v) is 6.02. The van der Waals surface area contributed by atoms with Crippen LogP contribution in [0, 0.1) is 0 Å². The van der Waals surface area contributed by atoms with E-state index < -0.39 is 0 Å². The molecule has 126 valence electrons. The van der Waals surface area contributed by atoms with Crippen LogP contribution in [0.4, 0.5) is 5.69 Å². The van der Waals surface area contributed by atoms with E-state index in [2.05, 4.69) is 17.4 Å². The third-order valence-electron chi connectivity index (χ3n) is 3.64. The van der Waals surface area contributed by atoms with Crippen LogP contribution in [0.3, 0.4) is 0 Å². The van der Waals surface area contributed by atoms with Crippen LogP contribution in [0.5, 0.6) is 0 Å². The molecule has 1 aliphatic heterocycles. The number of rotatable bonds is 6. The van der Waals surface area contributed by atoms with Crippen molar-refractivity contribution >= 4 is 52.2 Å². The fourth-order valence-electron chi connectivity index (χ4n) is 2.45. The second-order valence-corrected chi connectivity index (χ2v) is 9.17. The van der Waals surface area contributed by atoms with Crippen LogP contribution in [0.2, 0.25) is 0 Å². The monoisotopic (exact) mass is 377 g/mol. The van der Waals surface area contributed by atoms with Gasteiger partial charge < -0.3 is 5.32 Å². The van der Waals surface area contributed by atoms with Crippen LogP contribution in [0.1, 0.15) is 39.1 Å². The van der Waals surface area contributed by atoms with Gasteiger partial charge in [-0.1, -0.05) is 18.2 Å². The number of hydrogen-bond acceptors (Lipinski definition) is 5. The van der Waals surface area contributed by atoms with Gasteiger partial charge in [0.25, 0.3) is 0 Å². The third kappa shape index (κ3) is 4.88. The van der Waals surface area contributed by atoms with Crippen LogP contribution in [0.25, 0.3) is 0 Å². The van der Waals surface area contributed by atoms with Crippen LogP contribution >= 0.6 is 34.9 Å². The Morgan fingerprint density at radius 1 is 1.08 bits per heavy atom. The zero-order valence-electron chi connectivity index (χ0n) is 13.2. The number of nitrogens with one attached hydrogen (secondary N) is 1. The fraction of sp³-hybridized carbons (Fsp3) is 0.333. The van der Waals surface area contributed by atoms with Gasteiger partial charge in [-0.3, -0.25) is 9.59 Å². The van der Waals surface area contributed by atoms with Crippen LogP contribution in [-0.4, -0.2) is 23.2 Å². The van der Waals surface area contributed by atoms with Gasteiger partial charge in [0.05, 0.1) is 9.46 Å². The minimum Gasteiger partial charge on any atom is -0.326 e. The molecule has 1 saturated heterocycles. The highest BCUT2D eigenvalue weighted by Crippen LogP contribution is 2.44. The molecular weight excluding hydrogens is 358 g/mol. The van der Waals surface area contributed by atoms with E-state index in [1.165, 1.54) is 34.8 Å². The van der Waals surface area contributed by atoms with Crippen LogP contribution in [0.15, 0.2) is 41.8 Å². The van der Waals surface area contributed by atoms with E-state index in [1.807, 2.05) is 47.1 Å². The van der Waals surface area contributed by atoms with Crippen molar-refractivity contribution in [3.8, 4) is 0 Å². The molecule has 0 radical (unpaired) electrons. The standard InChI is InChI=1S/C18H19NO2S3/c20-15(16-6-2-9-22-16)7-8-17(21)19-14-5-1-4-13(12-14)18-23-10-3-11-24-18/h1-2,4-6,9,12,18H,3,7-8,10-11H2,(H,19,21). The lowest BCUT2D eigenvalue weighted by atomic mass is 10.1. The Kier molecular flexibility index (Phi) is 6.40. The van der Waals surface area contributed by atoms with Crippen molar-refractivity contribution in [1.82, 2.24) is 0 Å². The van der Waals surface area contributed by atoms with E-state index >= 15 is 0 Å². The number of benzene rings is 1. The molecular formula is C18H19NO2S3. The Balaban J connectivity index is 1.53. The molecule has 0 spiro atoms. The summed E-state index contributed by atoms with van der Waals surface area (Å²) in [5.41, 5.74) is 2.06. The van der Waals surface area contributed by atoms with Gasteiger partial charge in [-0.15, -0.1) is 34.9 Å². The maximum atomic E-state index is 12.1. The lowest BCUT2D eigenvalue weighted by molar-refractivity contribution is -0.116. The average Bonchev–Trinajstić information content (AvgIpc) is 3.15. The first-order valence-corrected chi connectivity index (χ1v) is 10.9. The highest BCUT2D eigenvalue weighted by molar-refractivity contribution is 8.16. The SMILES string of the molecule is O=C(CCC(=O)c1cccs1)Nc1cccc(C2SCCCS2)c1. The summed E-state index contributed by atoms with van der Waals surface area (Å²) in [5, 5.41) is 4.79. The zero-order chi connectivity index (χ0) is 16.8. The molecule has 1 N–H and O–H groups in total.